The van der Waals surface area contributed by atoms with Crippen LogP contribution in [0.15, 0.2) is 72.9 Å². The van der Waals surface area contributed by atoms with Gasteiger partial charge in [0.25, 0.3) is 5.91 Å². The Balaban J connectivity index is 1.64. The average molecular weight is 500 g/mol. The Hall–Kier alpha value is -4.30. The van der Waals surface area contributed by atoms with Crippen LogP contribution in [0.25, 0.3) is 10.9 Å². The van der Waals surface area contributed by atoms with Gasteiger partial charge in [0.1, 0.15) is 0 Å². The van der Waals surface area contributed by atoms with Crippen LogP contribution in [0.5, 0.6) is 11.5 Å². The number of H-pyrrole nitrogens is 1. The number of carbonyl (C=O) groups is 2. The third-order valence-corrected chi connectivity index (χ3v) is 6.85. The van der Waals surface area contributed by atoms with E-state index in [1.807, 2.05) is 48.7 Å². The van der Waals surface area contributed by atoms with Gasteiger partial charge in [-0.05, 0) is 29.8 Å². The van der Waals surface area contributed by atoms with E-state index in [9.17, 15) is 9.59 Å². The lowest BCUT2D eigenvalue weighted by molar-refractivity contribution is -0.119. The van der Waals surface area contributed by atoms with Crippen LogP contribution in [0.1, 0.15) is 33.4 Å². The van der Waals surface area contributed by atoms with Gasteiger partial charge in [-0.3, -0.25) is 9.59 Å². The number of aromatic nitrogens is 1. The van der Waals surface area contributed by atoms with Crippen molar-refractivity contribution in [1.82, 2.24) is 9.88 Å². The fourth-order valence-corrected chi connectivity index (χ4v) is 5.13. The molecule has 1 aliphatic heterocycles. The number of rotatable bonds is 8. The molecule has 8 heteroatoms. The van der Waals surface area contributed by atoms with Crippen molar-refractivity contribution in [2.75, 3.05) is 39.8 Å². The van der Waals surface area contributed by atoms with E-state index in [0.29, 0.717) is 41.5 Å². The molecule has 0 spiro atoms. The van der Waals surface area contributed by atoms with Crippen molar-refractivity contribution in [3.05, 3.63) is 89.6 Å². The third kappa shape index (κ3) is 4.40. The van der Waals surface area contributed by atoms with Crippen LogP contribution in [0, 0.1) is 0 Å². The molecular weight excluding hydrogens is 470 g/mol. The second-order valence-corrected chi connectivity index (χ2v) is 8.85. The summed E-state index contributed by atoms with van der Waals surface area (Å²) >= 11 is 0. The number of fused-ring (bicyclic) bond motifs is 2. The normalized spacial score (nSPS) is 16.9. The van der Waals surface area contributed by atoms with E-state index in [-0.39, 0.29) is 11.8 Å². The van der Waals surface area contributed by atoms with Crippen LogP contribution in [0.3, 0.4) is 0 Å². The summed E-state index contributed by atoms with van der Waals surface area (Å²) in [5, 5.41) is 4.02. The van der Waals surface area contributed by atoms with Gasteiger partial charge in [0.2, 0.25) is 5.91 Å². The summed E-state index contributed by atoms with van der Waals surface area (Å²) in [5.41, 5.74) is 3.59. The Labute approximate surface area is 215 Å². The molecule has 2 atom stereocenters. The topological polar surface area (TPSA) is 92.9 Å². The van der Waals surface area contributed by atoms with Crippen molar-refractivity contribution in [2.45, 2.75) is 12.0 Å². The van der Waals surface area contributed by atoms with Crippen LogP contribution in [0.4, 0.5) is 5.69 Å². The van der Waals surface area contributed by atoms with E-state index in [2.05, 4.69) is 10.3 Å². The van der Waals surface area contributed by atoms with Crippen molar-refractivity contribution < 1.29 is 23.8 Å². The predicted molar refractivity (Wildman–Crippen MR) is 141 cm³/mol. The number of benzene rings is 3. The highest BCUT2D eigenvalue weighted by Crippen LogP contribution is 2.45. The number of carbonyl (C=O) groups excluding carboxylic acids is 2. The first-order valence-corrected chi connectivity index (χ1v) is 12.0. The maximum Gasteiger partial charge on any atom is 0.254 e. The van der Waals surface area contributed by atoms with Crippen LogP contribution in [0.2, 0.25) is 0 Å². The average Bonchev–Trinajstić information content (AvgIpc) is 3.36. The number of aromatic amines is 1. The second kappa shape index (κ2) is 10.4. The van der Waals surface area contributed by atoms with E-state index < -0.39 is 12.0 Å². The van der Waals surface area contributed by atoms with E-state index in [4.69, 9.17) is 14.2 Å². The highest BCUT2D eigenvalue weighted by Gasteiger charge is 2.44. The van der Waals surface area contributed by atoms with E-state index in [1.165, 1.54) is 0 Å². The minimum absolute atomic E-state index is 0.127. The summed E-state index contributed by atoms with van der Waals surface area (Å²) < 4.78 is 16.1. The standard InChI is InChI=1S/C29H29N3O5/c1-35-15-14-32-27(22-17-30-23-11-7-6-8-19(22)23)26(20-9-4-5-10-21(20)29(32)34)28(33)31-18-12-13-24(36-2)25(16-18)37-3/h4-13,16-17,26-27,30H,14-15H2,1-3H3,(H,31,33)/t26-,27-/m1/s1. The zero-order valence-corrected chi connectivity index (χ0v) is 21.0. The van der Waals surface area contributed by atoms with Crippen LogP contribution < -0.4 is 14.8 Å². The number of anilines is 1. The molecule has 8 nitrogen and oxygen atoms in total. The number of nitrogens with zero attached hydrogens (tertiary/aromatic N) is 1. The first-order valence-electron chi connectivity index (χ1n) is 12.0. The lowest BCUT2D eigenvalue weighted by Gasteiger charge is -2.41. The molecule has 0 radical (unpaired) electrons. The number of methoxy groups -OCH3 is 3. The summed E-state index contributed by atoms with van der Waals surface area (Å²) in [6.45, 7) is 0.685. The van der Waals surface area contributed by atoms with Crippen LogP contribution in [-0.2, 0) is 9.53 Å². The quantitative estimate of drug-likeness (QED) is 0.365. The highest BCUT2D eigenvalue weighted by molar-refractivity contribution is 6.05. The maximum absolute atomic E-state index is 14.1. The lowest BCUT2D eigenvalue weighted by atomic mass is 9.79. The Kier molecular flexibility index (Phi) is 6.83. The number of ether oxygens (including phenoxy) is 3. The summed E-state index contributed by atoms with van der Waals surface area (Å²) in [5.74, 6) is 0.0481. The van der Waals surface area contributed by atoms with Gasteiger partial charge in [-0.15, -0.1) is 0 Å². The summed E-state index contributed by atoms with van der Waals surface area (Å²) in [6, 6.07) is 19.9. The van der Waals surface area contributed by atoms with Crippen molar-refractivity contribution in [2.24, 2.45) is 0 Å². The molecule has 1 aliphatic rings. The van der Waals surface area contributed by atoms with Gasteiger partial charge >= 0.3 is 0 Å². The maximum atomic E-state index is 14.1. The molecule has 2 amide bonds. The highest BCUT2D eigenvalue weighted by atomic mass is 16.5. The Morgan fingerprint density at radius 3 is 2.49 bits per heavy atom. The molecule has 0 bridgehead atoms. The van der Waals surface area contributed by atoms with Gasteiger partial charge in [-0.25, -0.2) is 0 Å². The first kappa shape index (κ1) is 24.4. The first-order chi connectivity index (χ1) is 18.1. The van der Waals surface area contributed by atoms with E-state index in [1.54, 1.807) is 50.5 Å². The molecule has 190 valence electrons. The SMILES string of the molecule is COCCN1C(=O)c2ccccc2[C@@H](C(=O)Nc2ccc(OC)c(OC)c2)[C@H]1c1c[nH]c2ccccc12. The van der Waals surface area contributed by atoms with Crippen LogP contribution in [-0.4, -0.2) is 56.2 Å². The molecule has 3 aromatic carbocycles. The second-order valence-electron chi connectivity index (χ2n) is 8.85. The zero-order chi connectivity index (χ0) is 25.9. The molecule has 37 heavy (non-hydrogen) atoms. The number of hydrogen-bond acceptors (Lipinski definition) is 5. The molecule has 0 aliphatic carbocycles. The van der Waals surface area contributed by atoms with Gasteiger partial charge in [-0.2, -0.15) is 0 Å². The van der Waals surface area contributed by atoms with E-state index >= 15 is 0 Å². The van der Waals surface area contributed by atoms with Crippen molar-refractivity contribution >= 4 is 28.4 Å². The number of hydrogen-bond donors (Lipinski definition) is 2. The van der Waals surface area contributed by atoms with Crippen molar-refractivity contribution in [3.8, 4) is 11.5 Å². The monoisotopic (exact) mass is 499 g/mol. The smallest absolute Gasteiger partial charge is 0.254 e. The number of para-hydroxylation sites is 1. The van der Waals surface area contributed by atoms with E-state index in [0.717, 1.165) is 16.5 Å². The van der Waals surface area contributed by atoms with Gasteiger partial charge in [0.15, 0.2) is 11.5 Å². The van der Waals surface area contributed by atoms with Gasteiger partial charge in [0.05, 0.1) is 32.8 Å². The third-order valence-electron chi connectivity index (χ3n) is 6.85. The minimum Gasteiger partial charge on any atom is -0.493 e. The molecule has 2 heterocycles. The molecule has 0 fully saturated rings. The molecule has 2 N–H and O–H groups in total. The molecule has 0 unspecified atom stereocenters. The Morgan fingerprint density at radius 2 is 1.70 bits per heavy atom. The van der Waals surface area contributed by atoms with Crippen LogP contribution >= 0.6 is 0 Å². The van der Waals surface area contributed by atoms with Gasteiger partial charge in [-0.1, -0.05) is 36.4 Å². The Morgan fingerprint density at radius 1 is 0.946 bits per heavy atom. The molecule has 1 aromatic heterocycles. The molecular formula is C29H29N3O5. The Bertz CT molecular complexity index is 1450. The summed E-state index contributed by atoms with van der Waals surface area (Å²) in [7, 11) is 4.71. The van der Waals surface area contributed by atoms with Crippen molar-refractivity contribution in [1.29, 1.82) is 0 Å². The number of amides is 2. The molecule has 4 aromatic rings. The van der Waals surface area contributed by atoms with Gasteiger partial charge < -0.3 is 29.4 Å². The summed E-state index contributed by atoms with van der Waals surface area (Å²) in [4.78, 5) is 32.9. The summed E-state index contributed by atoms with van der Waals surface area (Å²) in [6.07, 6.45) is 1.90. The molecule has 5 rings (SSSR count). The fraction of sp³-hybridized carbons (Fsp3) is 0.241. The zero-order valence-electron chi connectivity index (χ0n) is 21.0. The molecule has 0 saturated heterocycles. The molecule has 0 saturated carbocycles. The van der Waals surface area contributed by atoms with Crippen molar-refractivity contribution in [3.63, 3.8) is 0 Å². The fourth-order valence-electron chi connectivity index (χ4n) is 5.13. The predicted octanol–water partition coefficient (Wildman–Crippen LogP) is 4.75. The lowest BCUT2D eigenvalue weighted by Crippen LogP contribution is -2.47. The van der Waals surface area contributed by atoms with Gasteiger partial charge in [0, 0.05) is 53.6 Å². The number of nitrogens with one attached hydrogen (secondary N) is 2. The largest absolute Gasteiger partial charge is 0.493 e. The minimum atomic E-state index is -0.668.